The third kappa shape index (κ3) is 3.37. The van der Waals surface area contributed by atoms with Gasteiger partial charge in [-0.15, -0.1) is 0 Å². The standard InChI is InChI=1S/C13H18O4/c1-9-7-12(16-3)10(8-11(9)15-2)5-6-13(14)17-4/h7-8H,5-6H2,1-4H3. The number of methoxy groups -OCH3 is 3. The Morgan fingerprint density at radius 3 is 2.29 bits per heavy atom. The van der Waals surface area contributed by atoms with Crippen molar-refractivity contribution >= 4 is 5.97 Å². The predicted molar refractivity (Wildman–Crippen MR) is 64.6 cm³/mol. The van der Waals surface area contributed by atoms with Crippen molar-refractivity contribution in [2.45, 2.75) is 19.8 Å². The molecule has 0 heterocycles. The average Bonchev–Trinajstić information content (AvgIpc) is 2.36. The minimum absolute atomic E-state index is 0.230. The minimum atomic E-state index is -0.230. The second-order valence-corrected chi connectivity index (χ2v) is 3.71. The van der Waals surface area contributed by atoms with Gasteiger partial charge in [-0.3, -0.25) is 4.79 Å². The summed E-state index contributed by atoms with van der Waals surface area (Å²) in [5, 5.41) is 0. The van der Waals surface area contributed by atoms with E-state index in [2.05, 4.69) is 4.74 Å². The van der Waals surface area contributed by atoms with Crippen molar-refractivity contribution in [1.82, 2.24) is 0 Å². The van der Waals surface area contributed by atoms with Gasteiger partial charge in [-0.25, -0.2) is 0 Å². The molecule has 1 aromatic carbocycles. The highest BCUT2D eigenvalue weighted by molar-refractivity contribution is 5.69. The number of aryl methyl sites for hydroxylation is 2. The number of esters is 1. The maximum absolute atomic E-state index is 11.1. The van der Waals surface area contributed by atoms with Gasteiger partial charge in [0.25, 0.3) is 0 Å². The van der Waals surface area contributed by atoms with Crippen LogP contribution in [0.25, 0.3) is 0 Å². The van der Waals surface area contributed by atoms with E-state index in [0.717, 1.165) is 22.6 Å². The Labute approximate surface area is 101 Å². The molecule has 0 aliphatic carbocycles. The van der Waals surface area contributed by atoms with E-state index in [4.69, 9.17) is 9.47 Å². The molecule has 0 aliphatic heterocycles. The highest BCUT2D eigenvalue weighted by atomic mass is 16.5. The molecule has 0 N–H and O–H groups in total. The first kappa shape index (κ1) is 13.4. The minimum Gasteiger partial charge on any atom is -0.496 e. The van der Waals surface area contributed by atoms with Crippen LogP contribution in [0, 0.1) is 6.92 Å². The van der Waals surface area contributed by atoms with E-state index < -0.39 is 0 Å². The Hall–Kier alpha value is -1.71. The summed E-state index contributed by atoms with van der Waals surface area (Å²) in [7, 11) is 4.62. The summed E-state index contributed by atoms with van der Waals surface area (Å²) in [5.74, 6) is 1.34. The molecule has 4 nitrogen and oxygen atoms in total. The Kier molecular flexibility index (Phi) is 4.82. The summed E-state index contributed by atoms with van der Waals surface area (Å²) in [6, 6.07) is 3.81. The molecule has 17 heavy (non-hydrogen) atoms. The van der Waals surface area contributed by atoms with Crippen LogP contribution >= 0.6 is 0 Å². The fourth-order valence-electron chi connectivity index (χ4n) is 1.65. The highest BCUT2D eigenvalue weighted by Gasteiger charge is 2.10. The first-order valence-electron chi connectivity index (χ1n) is 5.40. The van der Waals surface area contributed by atoms with Gasteiger partial charge in [-0.2, -0.15) is 0 Å². The molecule has 4 heteroatoms. The average molecular weight is 238 g/mol. The smallest absolute Gasteiger partial charge is 0.305 e. The van der Waals surface area contributed by atoms with E-state index in [1.165, 1.54) is 7.11 Å². The fraction of sp³-hybridized carbons (Fsp3) is 0.462. The van der Waals surface area contributed by atoms with Crippen LogP contribution in [0.1, 0.15) is 17.5 Å². The second-order valence-electron chi connectivity index (χ2n) is 3.71. The SMILES string of the molecule is COC(=O)CCc1cc(OC)c(C)cc1OC. The van der Waals surface area contributed by atoms with E-state index in [0.29, 0.717) is 12.8 Å². The third-order valence-corrected chi connectivity index (χ3v) is 2.62. The topological polar surface area (TPSA) is 44.8 Å². The van der Waals surface area contributed by atoms with Crippen molar-refractivity contribution in [1.29, 1.82) is 0 Å². The molecule has 1 aromatic rings. The molecule has 0 spiro atoms. The van der Waals surface area contributed by atoms with Crippen molar-refractivity contribution in [3.05, 3.63) is 23.3 Å². The van der Waals surface area contributed by atoms with Gasteiger partial charge in [0.2, 0.25) is 0 Å². The number of carbonyl (C=O) groups excluding carboxylic acids is 1. The Morgan fingerprint density at radius 1 is 1.12 bits per heavy atom. The molecule has 1 rings (SSSR count). The van der Waals surface area contributed by atoms with Crippen LogP contribution in [0.2, 0.25) is 0 Å². The molecule has 0 bridgehead atoms. The van der Waals surface area contributed by atoms with Crippen LogP contribution < -0.4 is 9.47 Å². The summed E-state index contributed by atoms with van der Waals surface area (Å²) in [6.45, 7) is 1.95. The fourth-order valence-corrected chi connectivity index (χ4v) is 1.65. The van der Waals surface area contributed by atoms with Gasteiger partial charge in [0.15, 0.2) is 0 Å². The van der Waals surface area contributed by atoms with Crippen molar-refractivity contribution in [2.24, 2.45) is 0 Å². The van der Waals surface area contributed by atoms with Gasteiger partial charge in [0.1, 0.15) is 11.5 Å². The van der Waals surface area contributed by atoms with Crippen molar-refractivity contribution in [3.63, 3.8) is 0 Å². The van der Waals surface area contributed by atoms with E-state index >= 15 is 0 Å². The number of hydrogen-bond acceptors (Lipinski definition) is 4. The molecule has 0 fully saturated rings. The molecule has 0 atom stereocenters. The van der Waals surface area contributed by atoms with Gasteiger partial charge in [0.05, 0.1) is 21.3 Å². The largest absolute Gasteiger partial charge is 0.496 e. The molecule has 0 radical (unpaired) electrons. The van der Waals surface area contributed by atoms with E-state index in [9.17, 15) is 4.79 Å². The van der Waals surface area contributed by atoms with Gasteiger partial charge < -0.3 is 14.2 Å². The highest BCUT2D eigenvalue weighted by Crippen LogP contribution is 2.29. The third-order valence-electron chi connectivity index (χ3n) is 2.62. The molecule has 0 aliphatic rings. The van der Waals surface area contributed by atoms with Crippen LogP contribution in [0.3, 0.4) is 0 Å². The lowest BCUT2D eigenvalue weighted by Crippen LogP contribution is -2.03. The van der Waals surface area contributed by atoms with Gasteiger partial charge in [-0.1, -0.05) is 0 Å². The van der Waals surface area contributed by atoms with E-state index in [1.54, 1.807) is 14.2 Å². The molecule has 94 valence electrons. The molecule has 0 unspecified atom stereocenters. The van der Waals surface area contributed by atoms with Crippen LogP contribution in [-0.2, 0) is 16.0 Å². The van der Waals surface area contributed by atoms with E-state index in [1.807, 2.05) is 19.1 Å². The Balaban J connectivity index is 2.92. The Bertz CT molecular complexity index is 399. The van der Waals surface area contributed by atoms with Crippen LogP contribution in [0.4, 0.5) is 0 Å². The first-order valence-corrected chi connectivity index (χ1v) is 5.40. The van der Waals surface area contributed by atoms with Crippen LogP contribution in [0.15, 0.2) is 12.1 Å². The molecule has 0 amide bonds. The molecular formula is C13H18O4. The van der Waals surface area contributed by atoms with Gasteiger partial charge in [0, 0.05) is 6.42 Å². The van der Waals surface area contributed by atoms with Crippen molar-refractivity contribution in [2.75, 3.05) is 21.3 Å². The van der Waals surface area contributed by atoms with Crippen LogP contribution in [0.5, 0.6) is 11.5 Å². The van der Waals surface area contributed by atoms with Crippen molar-refractivity contribution < 1.29 is 19.0 Å². The lowest BCUT2D eigenvalue weighted by molar-refractivity contribution is -0.140. The maximum atomic E-state index is 11.1. The normalized spacial score (nSPS) is 9.88. The lowest BCUT2D eigenvalue weighted by atomic mass is 10.1. The Morgan fingerprint density at radius 2 is 1.76 bits per heavy atom. The summed E-state index contributed by atoms with van der Waals surface area (Å²) in [4.78, 5) is 11.1. The lowest BCUT2D eigenvalue weighted by Gasteiger charge is -2.12. The summed E-state index contributed by atoms with van der Waals surface area (Å²) in [6.07, 6.45) is 0.908. The van der Waals surface area contributed by atoms with E-state index in [-0.39, 0.29) is 5.97 Å². The predicted octanol–water partition coefficient (Wildman–Crippen LogP) is 2.12. The first-order chi connectivity index (χ1) is 8.12. The zero-order valence-electron chi connectivity index (χ0n) is 10.7. The molecule has 0 aromatic heterocycles. The summed E-state index contributed by atoms with van der Waals surface area (Å²) >= 11 is 0. The zero-order chi connectivity index (χ0) is 12.8. The number of benzene rings is 1. The quantitative estimate of drug-likeness (QED) is 0.737. The maximum Gasteiger partial charge on any atom is 0.305 e. The monoisotopic (exact) mass is 238 g/mol. The number of carbonyl (C=O) groups is 1. The number of ether oxygens (including phenoxy) is 3. The second kappa shape index (κ2) is 6.13. The van der Waals surface area contributed by atoms with Crippen molar-refractivity contribution in [3.8, 4) is 11.5 Å². The number of rotatable bonds is 5. The number of hydrogen-bond donors (Lipinski definition) is 0. The van der Waals surface area contributed by atoms with Crippen LogP contribution in [-0.4, -0.2) is 27.3 Å². The zero-order valence-corrected chi connectivity index (χ0v) is 10.7. The molecule has 0 saturated heterocycles. The molecule has 0 saturated carbocycles. The molecular weight excluding hydrogens is 220 g/mol. The summed E-state index contributed by atoms with van der Waals surface area (Å²) < 4.78 is 15.1. The van der Waals surface area contributed by atoms with Gasteiger partial charge >= 0.3 is 5.97 Å². The van der Waals surface area contributed by atoms with Gasteiger partial charge in [-0.05, 0) is 36.6 Å². The summed E-state index contributed by atoms with van der Waals surface area (Å²) in [5.41, 5.74) is 1.95.